The molecule has 0 saturated heterocycles. The average Bonchev–Trinajstić information content (AvgIpc) is 2.25. The Morgan fingerprint density at radius 1 is 1.47 bits per heavy atom. The highest BCUT2D eigenvalue weighted by molar-refractivity contribution is 5.54. The smallest absolute Gasteiger partial charge is 0.146 e. The van der Waals surface area contributed by atoms with Gasteiger partial charge in [-0.3, -0.25) is 0 Å². The first-order chi connectivity index (χ1) is 7.20. The van der Waals surface area contributed by atoms with Gasteiger partial charge in [0, 0.05) is 27.2 Å². The molecule has 0 radical (unpaired) electrons. The monoisotopic (exact) mass is 212 g/mol. The van der Waals surface area contributed by atoms with E-state index in [4.69, 9.17) is 10.5 Å². The van der Waals surface area contributed by atoms with Crippen LogP contribution in [0.1, 0.15) is 5.56 Å². The highest BCUT2D eigenvalue weighted by Crippen LogP contribution is 2.22. The normalized spacial score (nSPS) is 10.4. The molecule has 0 spiro atoms. The van der Waals surface area contributed by atoms with E-state index in [1.165, 1.54) is 6.07 Å². The zero-order valence-electron chi connectivity index (χ0n) is 9.16. The van der Waals surface area contributed by atoms with E-state index in [1.807, 2.05) is 18.0 Å². The Kier molecular flexibility index (Phi) is 4.52. The molecule has 0 heterocycles. The third-order valence-corrected chi connectivity index (χ3v) is 2.30. The molecule has 0 aromatic heterocycles. The van der Waals surface area contributed by atoms with Crippen molar-refractivity contribution in [3.05, 3.63) is 29.6 Å². The zero-order valence-corrected chi connectivity index (χ0v) is 9.16. The fraction of sp³-hybridized carbons (Fsp3) is 0.455. The van der Waals surface area contributed by atoms with Gasteiger partial charge < -0.3 is 15.4 Å². The molecule has 4 heteroatoms. The summed E-state index contributed by atoms with van der Waals surface area (Å²) in [6, 6.07) is 4.95. The predicted octanol–water partition coefficient (Wildman–Crippen LogP) is 1.37. The van der Waals surface area contributed by atoms with E-state index in [9.17, 15) is 4.39 Å². The maximum Gasteiger partial charge on any atom is 0.146 e. The second-order valence-corrected chi connectivity index (χ2v) is 3.37. The summed E-state index contributed by atoms with van der Waals surface area (Å²) < 4.78 is 18.5. The largest absolute Gasteiger partial charge is 0.383 e. The molecule has 1 aromatic rings. The number of hydrogen-bond donors (Lipinski definition) is 1. The second-order valence-electron chi connectivity index (χ2n) is 3.37. The lowest BCUT2D eigenvalue weighted by molar-refractivity contribution is 0.206. The Morgan fingerprint density at radius 3 is 2.80 bits per heavy atom. The quantitative estimate of drug-likeness (QED) is 0.801. The average molecular weight is 212 g/mol. The van der Waals surface area contributed by atoms with E-state index in [1.54, 1.807) is 13.2 Å². The number of rotatable bonds is 5. The summed E-state index contributed by atoms with van der Waals surface area (Å²) in [6.45, 7) is 1.55. The Hall–Kier alpha value is -1.13. The first kappa shape index (κ1) is 11.9. The summed E-state index contributed by atoms with van der Waals surface area (Å²) in [7, 11) is 3.45. The predicted molar refractivity (Wildman–Crippen MR) is 59.4 cm³/mol. The number of halogens is 1. The van der Waals surface area contributed by atoms with Crippen molar-refractivity contribution in [2.24, 2.45) is 5.73 Å². The lowest BCUT2D eigenvalue weighted by atomic mass is 10.1. The van der Waals surface area contributed by atoms with Gasteiger partial charge in [0.1, 0.15) is 5.82 Å². The first-order valence-corrected chi connectivity index (χ1v) is 4.88. The molecule has 0 atom stereocenters. The number of ether oxygens (including phenoxy) is 1. The topological polar surface area (TPSA) is 38.5 Å². The molecular weight excluding hydrogens is 195 g/mol. The fourth-order valence-electron chi connectivity index (χ4n) is 1.49. The number of benzene rings is 1. The molecule has 0 amide bonds. The second kappa shape index (κ2) is 5.68. The molecule has 15 heavy (non-hydrogen) atoms. The molecule has 84 valence electrons. The van der Waals surface area contributed by atoms with Crippen LogP contribution in [0.15, 0.2) is 18.2 Å². The number of nitrogens with zero attached hydrogens (tertiary/aromatic N) is 1. The van der Waals surface area contributed by atoms with Gasteiger partial charge in [-0.1, -0.05) is 12.1 Å². The molecule has 0 aliphatic carbocycles. The zero-order chi connectivity index (χ0) is 11.3. The van der Waals surface area contributed by atoms with E-state index in [2.05, 4.69) is 0 Å². The molecule has 0 aliphatic rings. The third kappa shape index (κ3) is 2.91. The Morgan fingerprint density at radius 2 is 2.20 bits per heavy atom. The molecule has 2 N–H and O–H groups in total. The molecule has 0 fully saturated rings. The van der Waals surface area contributed by atoms with Crippen LogP contribution in [-0.2, 0) is 11.3 Å². The number of likely N-dealkylation sites (N-methyl/N-ethyl adjacent to an activating group) is 1. The van der Waals surface area contributed by atoms with Crippen molar-refractivity contribution in [1.29, 1.82) is 0 Å². The first-order valence-electron chi connectivity index (χ1n) is 4.88. The summed E-state index contributed by atoms with van der Waals surface area (Å²) in [4.78, 5) is 1.82. The molecular formula is C11H17FN2O. The van der Waals surface area contributed by atoms with Crippen LogP contribution in [0.25, 0.3) is 0 Å². The molecule has 1 aromatic carbocycles. The van der Waals surface area contributed by atoms with Gasteiger partial charge in [0.15, 0.2) is 0 Å². The Balaban J connectivity index is 2.90. The Labute approximate surface area is 89.6 Å². The van der Waals surface area contributed by atoms with Crippen molar-refractivity contribution in [2.75, 3.05) is 32.2 Å². The van der Waals surface area contributed by atoms with Crippen molar-refractivity contribution >= 4 is 5.69 Å². The summed E-state index contributed by atoms with van der Waals surface area (Å²) in [6.07, 6.45) is 0. The van der Waals surface area contributed by atoms with Crippen LogP contribution in [0.4, 0.5) is 10.1 Å². The van der Waals surface area contributed by atoms with Crippen molar-refractivity contribution in [3.8, 4) is 0 Å². The minimum atomic E-state index is -0.239. The summed E-state index contributed by atoms with van der Waals surface area (Å²) in [5, 5.41) is 0. The maximum atomic E-state index is 13.6. The minimum absolute atomic E-state index is 0.239. The van der Waals surface area contributed by atoms with Crippen molar-refractivity contribution < 1.29 is 9.13 Å². The van der Waals surface area contributed by atoms with Gasteiger partial charge in [0.2, 0.25) is 0 Å². The maximum absolute atomic E-state index is 13.6. The van der Waals surface area contributed by atoms with Crippen LogP contribution in [0.2, 0.25) is 0 Å². The van der Waals surface area contributed by atoms with Crippen LogP contribution in [0.3, 0.4) is 0 Å². The number of nitrogens with two attached hydrogens (primary N) is 1. The van der Waals surface area contributed by atoms with Gasteiger partial charge in [0.25, 0.3) is 0 Å². The fourth-order valence-corrected chi connectivity index (χ4v) is 1.49. The standard InChI is InChI=1S/C11H17FN2O/c1-14(6-7-15-2)11-9(8-13)4-3-5-10(11)12/h3-5H,6-8,13H2,1-2H3. The van der Waals surface area contributed by atoms with E-state index >= 15 is 0 Å². The molecule has 0 saturated carbocycles. The SMILES string of the molecule is COCCN(C)c1c(F)cccc1CN. The molecule has 0 unspecified atom stereocenters. The third-order valence-electron chi connectivity index (χ3n) is 2.30. The van der Waals surface area contributed by atoms with Gasteiger partial charge in [0.05, 0.1) is 12.3 Å². The summed E-state index contributed by atoms with van der Waals surface area (Å²) in [5.74, 6) is -0.239. The molecule has 3 nitrogen and oxygen atoms in total. The lowest BCUT2D eigenvalue weighted by Gasteiger charge is -2.22. The van der Waals surface area contributed by atoms with Crippen molar-refractivity contribution in [1.82, 2.24) is 0 Å². The highest BCUT2D eigenvalue weighted by Gasteiger charge is 2.11. The number of hydrogen-bond acceptors (Lipinski definition) is 3. The summed E-state index contributed by atoms with van der Waals surface area (Å²) >= 11 is 0. The number of para-hydroxylation sites is 1. The van der Waals surface area contributed by atoms with Crippen LogP contribution in [-0.4, -0.2) is 27.3 Å². The van der Waals surface area contributed by atoms with E-state index < -0.39 is 0 Å². The van der Waals surface area contributed by atoms with Crippen LogP contribution < -0.4 is 10.6 Å². The minimum Gasteiger partial charge on any atom is -0.383 e. The van der Waals surface area contributed by atoms with Crippen LogP contribution in [0, 0.1) is 5.82 Å². The molecule has 1 rings (SSSR count). The van der Waals surface area contributed by atoms with Gasteiger partial charge in [-0.05, 0) is 11.6 Å². The number of anilines is 1. The van der Waals surface area contributed by atoms with E-state index in [-0.39, 0.29) is 5.82 Å². The van der Waals surface area contributed by atoms with Crippen LogP contribution in [0.5, 0.6) is 0 Å². The number of methoxy groups -OCH3 is 1. The van der Waals surface area contributed by atoms with Gasteiger partial charge in [-0.25, -0.2) is 4.39 Å². The summed E-state index contributed by atoms with van der Waals surface area (Å²) in [5.41, 5.74) is 6.94. The van der Waals surface area contributed by atoms with Gasteiger partial charge in [-0.15, -0.1) is 0 Å². The van der Waals surface area contributed by atoms with Crippen molar-refractivity contribution in [3.63, 3.8) is 0 Å². The Bertz CT molecular complexity index is 317. The van der Waals surface area contributed by atoms with Gasteiger partial charge >= 0.3 is 0 Å². The van der Waals surface area contributed by atoms with Crippen LogP contribution >= 0.6 is 0 Å². The van der Waals surface area contributed by atoms with E-state index in [0.29, 0.717) is 25.4 Å². The molecule has 0 bridgehead atoms. The molecule has 0 aliphatic heterocycles. The highest BCUT2D eigenvalue weighted by atomic mass is 19.1. The van der Waals surface area contributed by atoms with E-state index in [0.717, 1.165) is 5.56 Å². The van der Waals surface area contributed by atoms with Gasteiger partial charge in [-0.2, -0.15) is 0 Å². The van der Waals surface area contributed by atoms with Crippen molar-refractivity contribution in [2.45, 2.75) is 6.54 Å². The lowest BCUT2D eigenvalue weighted by Crippen LogP contribution is -2.24.